The molecule has 0 radical (unpaired) electrons. The lowest BCUT2D eigenvalue weighted by Gasteiger charge is -2.19. The number of hydrogen-bond acceptors (Lipinski definition) is 4. The zero-order chi connectivity index (χ0) is 13.1. The molecule has 0 unspecified atom stereocenters. The van der Waals surface area contributed by atoms with Crippen molar-refractivity contribution in [2.75, 3.05) is 18.5 Å². The highest BCUT2D eigenvalue weighted by atomic mass is 16.6. The maximum Gasteiger partial charge on any atom is 0.163 e. The first-order chi connectivity index (χ1) is 9.35. The average Bonchev–Trinajstić information content (AvgIpc) is 2.48. The van der Waals surface area contributed by atoms with Crippen molar-refractivity contribution in [2.45, 2.75) is 0 Å². The van der Waals surface area contributed by atoms with Crippen LogP contribution in [0, 0.1) is 11.3 Å². The van der Waals surface area contributed by atoms with Crippen LogP contribution in [0.15, 0.2) is 42.5 Å². The summed E-state index contributed by atoms with van der Waals surface area (Å²) in [5.41, 5.74) is 2.50. The van der Waals surface area contributed by atoms with Gasteiger partial charge in [0, 0.05) is 17.4 Å². The van der Waals surface area contributed by atoms with Crippen LogP contribution in [-0.4, -0.2) is 13.2 Å². The summed E-state index contributed by atoms with van der Waals surface area (Å²) in [5.74, 6) is 1.53. The SMILES string of the molecule is N#Cc1ccc(Nc2ccc3c(c2)OCCO3)cc1. The van der Waals surface area contributed by atoms with Gasteiger partial charge in [-0.25, -0.2) is 0 Å². The fraction of sp³-hybridized carbons (Fsp3) is 0.133. The minimum atomic E-state index is 0.577. The van der Waals surface area contributed by atoms with Gasteiger partial charge in [-0.1, -0.05) is 0 Å². The molecule has 1 aliphatic rings. The van der Waals surface area contributed by atoms with Gasteiger partial charge < -0.3 is 14.8 Å². The highest BCUT2D eigenvalue weighted by Crippen LogP contribution is 2.33. The third-order valence-corrected chi connectivity index (χ3v) is 2.84. The first-order valence-electron chi connectivity index (χ1n) is 6.02. The summed E-state index contributed by atoms with van der Waals surface area (Å²) in [4.78, 5) is 0. The Balaban J connectivity index is 1.81. The molecule has 2 aromatic carbocycles. The molecule has 3 rings (SSSR count). The van der Waals surface area contributed by atoms with Crippen molar-refractivity contribution in [1.29, 1.82) is 5.26 Å². The molecule has 0 aromatic heterocycles. The van der Waals surface area contributed by atoms with Gasteiger partial charge in [-0.05, 0) is 36.4 Å². The summed E-state index contributed by atoms with van der Waals surface area (Å²) >= 11 is 0. The van der Waals surface area contributed by atoms with Crippen LogP contribution in [-0.2, 0) is 0 Å². The van der Waals surface area contributed by atoms with Gasteiger partial charge in [-0.2, -0.15) is 5.26 Å². The van der Waals surface area contributed by atoms with E-state index in [1.165, 1.54) is 0 Å². The second kappa shape index (κ2) is 4.91. The van der Waals surface area contributed by atoms with Crippen LogP contribution in [0.2, 0.25) is 0 Å². The van der Waals surface area contributed by atoms with Crippen LogP contribution in [0.3, 0.4) is 0 Å². The molecule has 0 aliphatic carbocycles. The Morgan fingerprint density at radius 3 is 2.32 bits per heavy atom. The number of anilines is 2. The topological polar surface area (TPSA) is 54.3 Å². The van der Waals surface area contributed by atoms with Crippen molar-refractivity contribution in [3.8, 4) is 17.6 Å². The van der Waals surface area contributed by atoms with E-state index in [4.69, 9.17) is 14.7 Å². The number of hydrogen-bond donors (Lipinski definition) is 1. The summed E-state index contributed by atoms with van der Waals surface area (Å²) in [5, 5.41) is 12.0. The van der Waals surface area contributed by atoms with E-state index < -0.39 is 0 Å². The first-order valence-corrected chi connectivity index (χ1v) is 6.02. The molecular weight excluding hydrogens is 240 g/mol. The van der Waals surface area contributed by atoms with Crippen molar-refractivity contribution >= 4 is 11.4 Å². The van der Waals surface area contributed by atoms with Gasteiger partial charge in [0.25, 0.3) is 0 Å². The smallest absolute Gasteiger partial charge is 0.163 e. The molecule has 4 nitrogen and oxygen atoms in total. The van der Waals surface area contributed by atoms with Crippen LogP contribution in [0.1, 0.15) is 5.56 Å². The van der Waals surface area contributed by atoms with Crippen molar-refractivity contribution in [1.82, 2.24) is 0 Å². The van der Waals surface area contributed by atoms with Crippen molar-refractivity contribution in [3.63, 3.8) is 0 Å². The number of benzene rings is 2. The molecule has 1 N–H and O–H groups in total. The Kier molecular flexibility index (Phi) is 2.95. The fourth-order valence-corrected chi connectivity index (χ4v) is 1.92. The molecule has 1 aliphatic heterocycles. The van der Waals surface area contributed by atoms with Crippen LogP contribution >= 0.6 is 0 Å². The van der Waals surface area contributed by atoms with Gasteiger partial charge in [0.05, 0.1) is 11.6 Å². The predicted octanol–water partition coefficient (Wildman–Crippen LogP) is 3.07. The zero-order valence-electron chi connectivity index (χ0n) is 10.2. The van der Waals surface area contributed by atoms with E-state index in [9.17, 15) is 0 Å². The Labute approximate surface area is 111 Å². The maximum atomic E-state index is 8.75. The Hall–Kier alpha value is -2.67. The van der Waals surface area contributed by atoms with Crippen molar-refractivity contribution in [2.24, 2.45) is 0 Å². The van der Waals surface area contributed by atoms with Gasteiger partial charge in [-0.15, -0.1) is 0 Å². The second-order valence-electron chi connectivity index (χ2n) is 4.17. The number of nitrogens with zero attached hydrogens (tertiary/aromatic N) is 1. The lowest BCUT2D eigenvalue weighted by Crippen LogP contribution is -2.15. The maximum absolute atomic E-state index is 8.75. The molecule has 0 amide bonds. The van der Waals surface area contributed by atoms with Gasteiger partial charge in [0.1, 0.15) is 13.2 Å². The lowest BCUT2D eigenvalue weighted by atomic mass is 10.2. The molecule has 1 heterocycles. The molecule has 0 bridgehead atoms. The third kappa shape index (κ3) is 2.45. The summed E-state index contributed by atoms with van der Waals surface area (Å²) < 4.78 is 11.0. The fourth-order valence-electron chi connectivity index (χ4n) is 1.92. The number of nitrogens with one attached hydrogen (secondary N) is 1. The molecule has 0 fully saturated rings. The van der Waals surface area contributed by atoms with E-state index in [1.54, 1.807) is 12.1 Å². The van der Waals surface area contributed by atoms with E-state index in [1.807, 2.05) is 30.3 Å². The average molecular weight is 252 g/mol. The van der Waals surface area contributed by atoms with Gasteiger partial charge in [0.15, 0.2) is 11.5 Å². The summed E-state index contributed by atoms with van der Waals surface area (Å²) in [7, 11) is 0. The monoisotopic (exact) mass is 252 g/mol. The lowest BCUT2D eigenvalue weighted by molar-refractivity contribution is 0.171. The molecular formula is C15H12N2O2. The van der Waals surface area contributed by atoms with Gasteiger partial charge >= 0.3 is 0 Å². The second-order valence-corrected chi connectivity index (χ2v) is 4.17. The van der Waals surface area contributed by atoms with Crippen LogP contribution in [0.5, 0.6) is 11.5 Å². The zero-order valence-corrected chi connectivity index (χ0v) is 10.2. The summed E-state index contributed by atoms with van der Waals surface area (Å²) in [6, 6.07) is 15.1. The summed E-state index contributed by atoms with van der Waals surface area (Å²) in [6.45, 7) is 1.17. The molecule has 2 aromatic rings. The van der Waals surface area contributed by atoms with Crippen molar-refractivity contribution < 1.29 is 9.47 Å². The molecule has 94 valence electrons. The molecule has 4 heteroatoms. The standard InChI is InChI=1S/C15H12N2O2/c16-10-11-1-3-12(4-2-11)17-13-5-6-14-15(9-13)19-8-7-18-14/h1-6,9,17H,7-8H2. The summed E-state index contributed by atoms with van der Waals surface area (Å²) in [6.07, 6.45) is 0. The largest absolute Gasteiger partial charge is 0.486 e. The Morgan fingerprint density at radius 2 is 1.58 bits per heavy atom. The molecule has 0 saturated carbocycles. The minimum absolute atomic E-state index is 0.577. The third-order valence-electron chi connectivity index (χ3n) is 2.84. The van der Waals surface area contributed by atoms with E-state index in [0.717, 1.165) is 22.9 Å². The highest BCUT2D eigenvalue weighted by Gasteiger charge is 2.11. The van der Waals surface area contributed by atoms with Crippen molar-refractivity contribution in [3.05, 3.63) is 48.0 Å². The van der Waals surface area contributed by atoms with E-state index in [0.29, 0.717) is 18.8 Å². The molecule has 0 atom stereocenters. The van der Waals surface area contributed by atoms with Crippen LogP contribution < -0.4 is 14.8 Å². The molecule has 19 heavy (non-hydrogen) atoms. The Bertz CT molecular complexity index is 630. The van der Waals surface area contributed by atoms with Gasteiger partial charge in [-0.3, -0.25) is 0 Å². The quantitative estimate of drug-likeness (QED) is 0.892. The van der Waals surface area contributed by atoms with E-state index in [2.05, 4.69) is 11.4 Å². The number of rotatable bonds is 2. The van der Waals surface area contributed by atoms with E-state index >= 15 is 0 Å². The normalized spacial score (nSPS) is 12.6. The molecule has 0 saturated heterocycles. The minimum Gasteiger partial charge on any atom is -0.486 e. The number of nitriles is 1. The molecule has 0 spiro atoms. The van der Waals surface area contributed by atoms with E-state index in [-0.39, 0.29) is 0 Å². The van der Waals surface area contributed by atoms with Crippen LogP contribution in [0.4, 0.5) is 11.4 Å². The Morgan fingerprint density at radius 1 is 0.895 bits per heavy atom. The first kappa shape index (κ1) is 11.4. The number of ether oxygens (including phenoxy) is 2. The van der Waals surface area contributed by atoms with Gasteiger partial charge in [0.2, 0.25) is 0 Å². The predicted molar refractivity (Wildman–Crippen MR) is 71.9 cm³/mol. The number of fused-ring (bicyclic) bond motifs is 1. The van der Waals surface area contributed by atoms with Crippen LogP contribution in [0.25, 0.3) is 0 Å². The highest BCUT2D eigenvalue weighted by molar-refractivity contribution is 5.64.